The molecular weight excluding hydrogens is 181 g/mol. The van der Waals surface area contributed by atoms with Crippen molar-refractivity contribution in [3.63, 3.8) is 0 Å². The van der Waals surface area contributed by atoms with Crippen molar-refractivity contribution < 1.29 is 0 Å². The molecule has 0 aliphatic heterocycles. The van der Waals surface area contributed by atoms with Gasteiger partial charge in [0, 0.05) is 0 Å². The van der Waals surface area contributed by atoms with E-state index in [1.54, 1.807) is 6.08 Å². The van der Waals surface area contributed by atoms with Crippen LogP contribution in [-0.2, 0) is 0 Å². The number of halogens is 2. The lowest BCUT2D eigenvalue weighted by molar-refractivity contribution is 1.29. The summed E-state index contributed by atoms with van der Waals surface area (Å²) in [5.74, 6) is 0. The first-order valence-corrected chi connectivity index (χ1v) is 4.07. The average Bonchev–Trinajstić information content (AvgIpc) is 1.85. The molecule has 62 valence electrons. The zero-order chi connectivity index (χ0) is 8.85. The molecule has 3 heteroatoms. The number of aliphatic imine (C=N–C) groups is 1. The summed E-state index contributed by atoms with van der Waals surface area (Å²) in [7, 11) is 0. The minimum atomic E-state index is 0.379. The van der Waals surface area contributed by atoms with Gasteiger partial charge in [-0.1, -0.05) is 42.3 Å². The summed E-state index contributed by atoms with van der Waals surface area (Å²) in [5, 5.41) is 0.886. The van der Waals surface area contributed by atoms with Gasteiger partial charge in [-0.2, -0.15) is 0 Å². The molecular formula is C8H11Cl2N. The fourth-order valence-electron chi connectivity index (χ4n) is 0.431. The third-order valence-corrected chi connectivity index (χ3v) is 1.43. The van der Waals surface area contributed by atoms with Crippen molar-refractivity contribution in [2.75, 3.05) is 0 Å². The second kappa shape index (κ2) is 5.39. The smallest absolute Gasteiger partial charge is 0.130 e. The minimum absolute atomic E-state index is 0.379. The molecule has 0 aliphatic carbocycles. The van der Waals surface area contributed by atoms with Gasteiger partial charge in [-0.3, -0.25) is 0 Å². The summed E-state index contributed by atoms with van der Waals surface area (Å²) in [5.41, 5.74) is 0.860. The third kappa shape index (κ3) is 6.14. The Morgan fingerprint density at radius 3 is 2.45 bits per heavy atom. The van der Waals surface area contributed by atoms with Gasteiger partial charge in [0.2, 0.25) is 0 Å². The molecule has 0 aromatic carbocycles. The predicted molar refractivity (Wildman–Crippen MR) is 52.3 cm³/mol. The molecule has 0 aromatic rings. The van der Waals surface area contributed by atoms with E-state index in [0.29, 0.717) is 16.7 Å². The lowest BCUT2D eigenvalue weighted by Gasteiger charge is -1.91. The predicted octanol–water partition coefficient (Wildman–Crippen LogP) is 3.69. The summed E-state index contributed by atoms with van der Waals surface area (Å²) in [6, 6.07) is 0. The van der Waals surface area contributed by atoms with Crippen LogP contribution in [0.3, 0.4) is 0 Å². The summed E-state index contributed by atoms with van der Waals surface area (Å²) < 4.78 is 0. The van der Waals surface area contributed by atoms with Crippen LogP contribution in [0.2, 0.25) is 0 Å². The molecule has 0 saturated heterocycles. The monoisotopic (exact) mass is 191 g/mol. The SMILES string of the molecule is C=C(C)/C=C(Cl)\N=C(\Cl)CC. The van der Waals surface area contributed by atoms with Gasteiger partial charge in [0.1, 0.15) is 10.3 Å². The van der Waals surface area contributed by atoms with Crippen molar-refractivity contribution in [3.8, 4) is 0 Å². The van der Waals surface area contributed by atoms with Crippen LogP contribution in [0.5, 0.6) is 0 Å². The van der Waals surface area contributed by atoms with Crippen molar-refractivity contribution in [2.24, 2.45) is 4.99 Å². The first kappa shape index (κ1) is 10.7. The molecule has 0 fully saturated rings. The van der Waals surface area contributed by atoms with Crippen LogP contribution >= 0.6 is 23.2 Å². The topological polar surface area (TPSA) is 12.4 Å². The lowest BCUT2D eigenvalue weighted by atomic mass is 10.3. The molecule has 0 unspecified atom stereocenters. The van der Waals surface area contributed by atoms with Gasteiger partial charge in [-0.25, -0.2) is 4.99 Å². The molecule has 0 rings (SSSR count). The number of nitrogens with zero attached hydrogens (tertiary/aromatic N) is 1. The molecule has 0 spiro atoms. The molecule has 0 radical (unpaired) electrons. The Bertz CT molecular complexity index is 204. The number of rotatable bonds is 3. The van der Waals surface area contributed by atoms with Gasteiger partial charge in [0.15, 0.2) is 0 Å². The van der Waals surface area contributed by atoms with E-state index < -0.39 is 0 Å². The van der Waals surface area contributed by atoms with E-state index in [2.05, 4.69) is 11.6 Å². The highest BCUT2D eigenvalue weighted by atomic mass is 35.5. The fourth-order valence-corrected chi connectivity index (χ4v) is 0.853. The van der Waals surface area contributed by atoms with Crippen LogP contribution in [0.4, 0.5) is 0 Å². The van der Waals surface area contributed by atoms with Crippen LogP contribution in [0.25, 0.3) is 0 Å². The summed E-state index contributed by atoms with van der Waals surface area (Å²) in [6.07, 6.45) is 2.36. The molecule has 0 aliphatic rings. The molecule has 0 atom stereocenters. The number of hydrogen-bond acceptors (Lipinski definition) is 1. The van der Waals surface area contributed by atoms with Gasteiger partial charge in [0.05, 0.1) is 0 Å². The Kier molecular flexibility index (Phi) is 5.26. The van der Waals surface area contributed by atoms with Gasteiger partial charge >= 0.3 is 0 Å². The van der Waals surface area contributed by atoms with Gasteiger partial charge in [0.25, 0.3) is 0 Å². The summed E-state index contributed by atoms with van der Waals surface area (Å²) >= 11 is 11.3. The van der Waals surface area contributed by atoms with Crippen molar-refractivity contribution in [2.45, 2.75) is 20.3 Å². The second-order valence-corrected chi connectivity index (χ2v) is 2.98. The van der Waals surface area contributed by atoms with Crippen molar-refractivity contribution in [1.82, 2.24) is 0 Å². The molecule has 0 saturated carbocycles. The maximum absolute atomic E-state index is 5.68. The summed E-state index contributed by atoms with van der Waals surface area (Å²) in [6.45, 7) is 7.41. The van der Waals surface area contributed by atoms with Gasteiger partial charge in [-0.05, 0) is 19.4 Å². The second-order valence-electron chi connectivity index (χ2n) is 2.16. The molecule has 0 N–H and O–H groups in total. The fraction of sp³-hybridized carbons (Fsp3) is 0.375. The van der Waals surface area contributed by atoms with Gasteiger partial charge < -0.3 is 0 Å². The van der Waals surface area contributed by atoms with E-state index in [9.17, 15) is 0 Å². The van der Waals surface area contributed by atoms with Crippen LogP contribution in [0, 0.1) is 0 Å². The largest absolute Gasteiger partial charge is 0.229 e. The van der Waals surface area contributed by atoms with E-state index in [4.69, 9.17) is 23.2 Å². The Hall–Kier alpha value is -0.270. The van der Waals surface area contributed by atoms with Crippen molar-refractivity contribution >= 4 is 28.4 Å². The maximum Gasteiger partial charge on any atom is 0.130 e. The normalized spacial score (nSPS) is 13.5. The highest BCUT2D eigenvalue weighted by Crippen LogP contribution is 2.09. The Morgan fingerprint density at radius 1 is 1.55 bits per heavy atom. The van der Waals surface area contributed by atoms with Crippen LogP contribution < -0.4 is 0 Å². The Labute approximate surface area is 77.4 Å². The quantitative estimate of drug-likeness (QED) is 0.367. The molecule has 0 aromatic heterocycles. The lowest BCUT2D eigenvalue weighted by Crippen LogP contribution is -1.81. The number of hydrogen-bond donors (Lipinski definition) is 0. The van der Waals surface area contributed by atoms with E-state index in [-0.39, 0.29) is 0 Å². The van der Waals surface area contributed by atoms with Crippen molar-refractivity contribution in [3.05, 3.63) is 23.4 Å². The average molecular weight is 192 g/mol. The van der Waals surface area contributed by atoms with E-state index >= 15 is 0 Å². The van der Waals surface area contributed by atoms with Crippen LogP contribution in [0.1, 0.15) is 20.3 Å². The van der Waals surface area contributed by atoms with E-state index in [1.807, 2.05) is 13.8 Å². The van der Waals surface area contributed by atoms with E-state index in [1.165, 1.54) is 0 Å². The van der Waals surface area contributed by atoms with E-state index in [0.717, 1.165) is 5.57 Å². The van der Waals surface area contributed by atoms with Gasteiger partial charge in [-0.15, -0.1) is 0 Å². The standard InChI is InChI=1S/C8H11Cl2N/c1-4-7(9)11-8(10)5-6(2)3/h5H,2,4H2,1,3H3/b8-5-,11-7+. The zero-order valence-electron chi connectivity index (χ0n) is 6.69. The Morgan fingerprint density at radius 2 is 2.09 bits per heavy atom. The highest BCUT2D eigenvalue weighted by Gasteiger charge is 1.91. The van der Waals surface area contributed by atoms with Crippen LogP contribution in [0.15, 0.2) is 28.4 Å². The molecule has 0 amide bonds. The molecule has 1 nitrogen and oxygen atoms in total. The molecule has 0 bridgehead atoms. The molecule has 11 heavy (non-hydrogen) atoms. The maximum atomic E-state index is 5.68. The highest BCUT2D eigenvalue weighted by molar-refractivity contribution is 6.65. The number of allylic oxidation sites excluding steroid dienone is 2. The first-order chi connectivity index (χ1) is 5.06. The van der Waals surface area contributed by atoms with Crippen molar-refractivity contribution in [1.29, 1.82) is 0 Å². The zero-order valence-corrected chi connectivity index (χ0v) is 8.21. The van der Waals surface area contributed by atoms with Crippen LogP contribution in [-0.4, -0.2) is 5.17 Å². The minimum Gasteiger partial charge on any atom is -0.229 e. The Balaban J connectivity index is 4.26. The third-order valence-electron chi connectivity index (χ3n) is 0.885. The first-order valence-electron chi connectivity index (χ1n) is 3.32. The molecule has 0 heterocycles. The summed E-state index contributed by atoms with van der Waals surface area (Å²) in [4.78, 5) is 3.88.